The molecule has 0 N–H and O–H groups in total. The molecule has 1 saturated heterocycles. The highest BCUT2D eigenvalue weighted by atomic mass is 32.2. The largest absolute Gasteiger partial charge is 0.494 e. The van der Waals surface area contributed by atoms with Gasteiger partial charge in [0.05, 0.1) is 12.5 Å². The Kier molecular flexibility index (Phi) is 4.93. The van der Waals surface area contributed by atoms with Crippen LogP contribution < -0.4 is 4.74 Å². The van der Waals surface area contributed by atoms with Crippen LogP contribution in [0.5, 0.6) is 5.75 Å². The molecule has 18 heavy (non-hydrogen) atoms. The highest BCUT2D eigenvalue weighted by Gasteiger charge is 2.19. The van der Waals surface area contributed by atoms with Crippen molar-refractivity contribution in [2.24, 2.45) is 0 Å². The fourth-order valence-corrected chi connectivity index (χ4v) is 2.73. The van der Waals surface area contributed by atoms with Gasteiger partial charge in [-0.2, -0.15) is 0 Å². The number of carbonyl (C=O) groups excluding carboxylic acids is 1. The lowest BCUT2D eigenvalue weighted by Crippen LogP contribution is -2.27. The van der Waals surface area contributed by atoms with Crippen LogP contribution in [0.15, 0.2) is 24.3 Å². The molecule has 98 valence electrons. The summed E-state index contributed by atoms with van der Waals surface area (Å²) in [5, 5.41) is 0. The number of nitrogens with zero attached hydrogens (tertiary/aromatic N) is 1. The zero-order valence-electron chi connectivity index (χ0n) is 10.7. The Balaban J connectivity index is 1.92. The molecular formula is C14H19NO2S. The van der Waals surface area contributed by atoms with Crippen molar-refractivity contribution in [2.45, 2.75) is 19.8 Å². The van der Waals surface area contributed by atoms with Gasteiger partial charge in [-0.05, 0) is 30.7 Å². The number of rotatable bonds is 5. The molecule has 2 rings (SSSR count). The maximum Gasteiger partial charge on any atom is 0.254 e. The topological polar surface area (TPSA) is 29.5 Å². The quantitative estimate of drug-likeness (QED) is 0.766. The van der Waals surface area contributed by atoms with Crippen LogP contribution in [0.2, 0.25) is 0 Å². The summed E-state index contributed by atoms with van der Waals surface area (Å²) in [6, 6.07) is 7.47. The van der Waals surface area contributed by atoms with Crippen molar-refractivity contribution in [2.75, 3.05) is 24.8 Å². The highest BCUT2D eigenvalue weighted by molar-refractivity contribution is 7.99. The van der Waals surface area contributed by atoms with E-state index in [2.05, 4.69) is 6.92 Å². The monoisotopic (exact) mass is 265 g/mol. The van der Waals surface area contributed by atoms with Crippen LogP contribution in [-0.2, 0) is 0 Å². The Labute approximate surface area is 113 Å². The zero-order valence-corrected chi connectivity index (χ0v) is 11.5. The van der Waals surface area contributed by atoms with Gasteiger partial charge in [0.2, 0.25) is 0 Å². The lowest BCUT2D eigenvalue weighted by molar-refractivity contribution is 0.0802. The summed E-state index contributed by atoms with van der Waals surface area (Å²) in [7, 11) is 0. The maximum absolute atomic E-state index is 12.1. The minimum Gasteiger partial charge on any atom is -0.494 e. The van der Waals surface area contributed by atoms with Crippen LogP contribution in [0, 0.1) is 0 Å². The van der Waals surface area contributed by atoms with Crippen LogP contribution in [0.4, 0.5) is 0 Å². The summed E-state index contributed by atoms with van der Waals surface area (Å²) in [5.41, 5.74) is 0.750. The molecule has 1 aliphatic heterocycles. The Morgan fingerprint density at radius 2 is 2.17 bits per heavy atom. The number of hydrogen-bond donors (Lipinski definition) is 0. The molecule has 1 aliphatic rings. The van der Waals surface area contributed by atoms with Gasteiger partial charge in [0.25, 0.3) is 5.91 Å². The average Bonchev–Trinajstić information content (AvgIpc) is 2.93. The van der Waals surface area contributed by atoms with Crippen molar-refractivity contribution in [1.82, 2.24) is 4.90 Å². The molecule has 1 fully saturated rings. The van der Waals surface area contributed by atoms with Gasteiger partial charge >= 0.3 is 0 Å². The van der Waals surface area contributed by atoms with E-state index in [0.717, 1.165) is 48.9 Å². The van der Waals surface area contributed by atoms with E-state index in [1.807, 2.05) is 29.2 Å². The summed E-state index contributed by atoms with van der Waals surface area (Å²) < 4.78 is 5.58. The first-order valence-electron chi connectivity index (χ1n) is 6.41. The second-order valence-electron chi connectivity index (χ2n) is 4.33. The number of thioether (sulfide) groups is 1. The normalized spacial score (nSPS) is 14.8. The molecule has 1 amide bonds. The van der Waals surface area contributed by atoms with Gasteiger partial charge in [-0.1, -0.05) is 13.3 Å². The summed E-state index contributed by atoms with van der Waals surface area (Å²) >= 11 is 1.80. The number of ether oxygens (including phenoxy) is 1. The number of carbonyl (C=O) groups is 1. The first kappa shape index (κ1) is 13.3. The first-order chi connectivity index (χ1) is 8.81. The van der Waals surface area contributed by atoms with Crippen molar-refractivity contribution in [3.63, 3.8) is 0 Å². The fourth-order valence-electron chi connectivity index (χ4n) is 1.78. The molecule has 1 aromatic carbocycles. The van der Waals surface area contributed by atoms with E-state index in [4.69, 9.17) is 4.74 Å². The molecule has 0 spiro atoms. The highest BCUT2D eigenvalue weighted by Crippen LogP contribution is 2.18. The number of amides is 1. The molecule has 0 atom stereocenters. The minimum atomic E-state index is 0.125. The third-order valence-corrected chi connectivity index (χ3v) is 3.87. The predicted octanol–water partition coefficient (Wildman–Crippen LogP) is 3.01. The summed E-state index contributed by atoms with van der Waals surface area (Å²) in [6.07, 6.45) is 2.19. The van der Waals surface area contributed by atoms with E-state index >= 15 is 0 Å². The maximum atomic E-state index is 12.1. The Morgan fingerprint density at radius 1 is 1.39 bits per heavy atom. The van der Waals surface area contributed by atoms with Gasteiger partial charge < -0.3 is 9.64 Å². The number of benzene rings is 1. The molecule has 0 aromatic heterocycles. The van der Waals surface area contributed by atoms with E-state index < -0.39 is 0 Å². The number of unbranched alkanes of at least 4 members (excludes halogenated alkanes) is 1. The first-order valence-corrected chi connectivity index (χ1v) is 7.56. The van der Waals surface area contributed by atoms with Gasteiger partial charge in [0, 0.05) is 17.9 Å². The Bertz CT molecular complexity index is 385. The second kappa shape index (κ2) is 6.69. The molecule has 3 nitrogen and oxygen atoms in total. The van der Waals surface area contributed by atoms with Crippen molar-refractivity contribution in [3.8, 4) is 5.75 Å². The van der Waals surface area contributed by atoms with Crippen LogP contribution in [0.1, 0.15) is 30.1 Å². The summed E-state index contributed by atoms with van der Waals surface area (Å²) in [5.74, 6) is 2.83. The van der Waals surface area contributed by atoms with E-state index in [1.54, 1.807) is 11.8 Å². The smallest absolute Gasteiger partial charge is 0.254 e. The fraction of sp³-hybridized carbons (Fsp3) is 0.500. The zero-order chi connectivity index (χ0) is 12.8. The van der Waals surface area contributed by atoms with Gasteiger partial charge in [-0.25, -0.2) is 0 Å². The molecule has 0 aliphatic carbocycles. The minimum absolute atomic E-state index is 0.125. The number of hydrogen-bond acceptors (Lipinski definition) is 3. The Morgan fingerprint density at radius 3 is 2.78 bits per heavy atom. The molecule has 0 bridgehead atoms. The van der Waals surface area contributed by atoms with Crippen molar-refractivity contribution < 1.29 is 9.53 Å². The Hall–Kier alpha value is -1.16. The average molecular weight is 265 g/mol. The van der Waals surface area contributed by atoms with Gasteiger partial charge in [0.15, 0.2) is 0 Å². The van der Waals surface area contributed by atoms with E-state index in [1.165, 1.54) is 0 Å². The lowest BCUT2D eigenvalue weighted by atomic mass is 10.2. The van der Waals surface area contributed by atoms with E-state index in [0.29, 0.717) is 0 Å². The SMILES string of the molecule is CCCCOc1ccc(C(=O)N2CCSC2)cc1. The predicted molar refractivity (Wildman–Crippen MR) is 75.2 cm³/mol. The molecule has 1 heterocycles. The standard InChI is InChI=1S/C14H19NO2S/c1-2-3-9-17-13-6-4-12(5-7-13)14(16)15-8-10-18-11-15/h4-7H,2-3,8-11H2,1H3. The third kappa shape index (κ3) is 3.42. The van der Waals surface area contributed by atoms with Gasteiger partial charge in [-0.3, -0.25) is 4.79 Å². The third-order valence-electron chi connectivity index (χ3n) is 2.91. The molecule has 1 aromatic rings. The van der Waals surface area contributed by atoms with Crippen molar-refractivity contribution >= 4 is 17.7 Å². The van der Waals surface area contributed by atoms with Gasteiger partial charge in [0.1, 0.15) is 5.75 Å². The van der Waals surface area contributed by atoms with Crippen LogP contribution in [0.25, 0.3) is 0 Å². The van der Waals surface area contributed by atoms with Crippen LogP contribution in [-0.4, -0.2) is 35.6 Å². The van der Waals surface area contributed by atoms with E-state index in [9.17, 15) is 4.79 Å². The summed E-state index contributed by atoms with van der Waals surface area (Å²) in [4.78, 5) is 14.0. The molecular weight excluding hydrogens is 246 g/mol. The van der Waals surface area contributed by atoms with Crippen molar-refractivity contribution in [1.29, 1.82) is 0 Å². The van der Waals surface area contributed by atoms with Gasteiger partial charge in [-0.15, -0.1) is 11.8 Å². The van der Waals surface area contributed by atoms with Crippen LogP contribution >= 0.6 is 11.8 Å². The molecule has 0 radical (unpaired) electrons. The van der Waals surface area contributed by atoms with Crippen LogP contribution in [0.3, 0.4) is 0 Å². The summed E-state index contributed by atoms with van der Waals surface area (Å²) in [6.45, 7) is 3.74. The molecule has 0 saturated carbocycles. The molecule has 0 unspecified atom stereocenters. The van der Waals surface area contributed by atoms with Crippen molar-refractivity contribution in [3.05, 3.63) is 29.8 Å². The molecule has 4 heteroatoms. The second-order valence-corrected chi connectivity index (χ2v) is 5.41. The van der Waals surface area contributed by atoms with E-state index in [-0.39, 0.29) is 5.91 Å². The lowest BCUT2D eigenvalue weighted by Gasteiger charge is -2.14.